The van der Waals surface area contributed by atoms with Crippen LogP contribution in [0.15, 0.2) is 231 Å². The van der Waals surface area contributed by atoms with Crippen LogP contribution in [0.2, 0.25) is 0 Å². The van der Waals surface area contributed by atoms with E-state index in [0.29, 0.717) is 0 Å². The molecule has 0 saturated carbocycles. The second-order valence-electron chi connectivity index (χ2n) is 16.5. The fraction of sp³-hybridized carbons (Fsp3) is 0.0690. The summed E-state index contributed by atoms with van der Waals surface area (Å²) in [6.07, 6.45) is 0. The summed E-state index contributed by atoms with van der Waals surface area (Å²) in [7, 11) is 0. The Morgan fingerprint density at radius 1 is 0.350 bits per heavy atom. The number of benzene rings is 9. The first-order chi connectivity index (χ1) is 29.5. The summed E-state index contributed by atoms with van der Waals surface area (Å²) in [5, 5.41) is 0. The van der Waals surface area contributed by atoms with Crippen molar-refractivity contribution in [3.63, 3.8) is 0 Å². The molecule has 286 valence electrons. The highest BCUT2D eigenvalue weighted by molar-refractivity contribution is 5.91. The van der Waals surface area contributed by atoms with Crippen LogP contribution in [-0.2, 0) is 10.8 Å². The third-order valence-corrected chi connectivity index (χ3v) is 12.9. The van der Waals surface area contributed by atoms with Crippen LogP contribution < -0.4 is 9.80 Å². The maximum Gasteiger partial charge on any atom is 0.0714 e. The van der Waals surface area contributed by atoms with Gasteiger partial charge in [-0.25, -0.2) is 0 Å². The minimum atomic E-state index is -0.491. The van der Waals surface area contributed by atoms with Crippen molar-refractivity contribution in [3.8, 4) is 22.3 Å². The van der Waals surface area contributed by atoms with Crippen LogP contribution in [0.1, 0.15) is 47.2 Å². The summed E-state index contributed by atoms with van der Waals surface area (Å²) >= 11 is 0. The van der Waals surface area contributed by atoms with E-state index in [2.05, 4.69) is 254 Å². The first kappa shape index (κ1) is 35.7. The molecule has 0 atom stereocenters. The lowest BCUT2D eigenvalue weighted by atomic mass is 9.67. The average Bonchev–Trinajstić information content (AvgIpc) is 3.61. The summed E-state index contributed by atoms with van der Waals surface area (Å²) in [6, 6.07) is 84.7. The molecule has 0 unspecified atom stereocenters. The van der Waals surface area contributed by atoms with E-state index < -0.39 is 5.41 Å². The van der Waals surface area contributed by atoms with E-state index in [-0.39, 0.29) is 5.41 Å². The van der Waals surface area contributed by atoms with Crippen molar-refractivity contribution < 1.29 is 0 Å². The fourth-order valence-corrected chi connectivity index (χ4v) is 10.2. The molecule has 0 N–H and O–H groups in total. The number of nitrogens with zero attached hydrogens (tertiary/aromatic N) is 2. The van der Waals surface area contributed by atoms with Gasteiger partial charge in [0.1, 0.15) is 0 Å². The fourth-order valence-electron chi connectivity index (χ4n) is 10.2. The van der Waals surface area contributed by atoms with Crippen molar-refractivity contribution in [1.82, 2.24) is 0 Å². The van der Waals surface area contributed by atoms with E-state index in [1.165, 1.54) is 61.4 Å². The van der Waals surface area contributed by atoms with Crippen LogP contribution in [0.4, 0.5) is 34.1 Å². The maximum atomic E-state index is 2.45. The molecule has 0 bridgehead atoms. The Bertz CT molecular complexity index is 2970. The molecule has 0 fully saturated rings. The molecule has 2 heteroatoms. The van der Waals surface area contributed by atoms with Crippen molar-refractivity contribution in [2.45, 2.75) is 24.7 Å². The van der Waals surface area contributed by atoms with Crippen molar-refractivity contribution in [2.75, 3.05) is 9.80 Å². The third kappa shape index (κ3) is 5.48. The predicted molar refractivity (Wildman–Crippen MR) is 251 cm³/mol. The SMILES string of the molecule is CC1(C)c2ccccc2N(c2ccccc2)c2cc(-c3cccc(N(c4ccccc4)c4ccc5c(c4)C(c4ccccc4)(c4ccccc4)c4ccccc4-5)c3)ccc21. The zero-order valence-corrected chi connectivity index (χ0v) is 33.8. The van der Waals surface area contributed by atoms with Gasteiger partial charge < -0.3 is 9.80 Å². The Morgan fingerprint density at radius 2 is 0.883 bits per heavy atom. The van der Waals surface area contributed by atoms with E-state index >= 15 is 0 Å². The molecule has 0 radical (unpaired) electrons. The van der Waals surface area contributed by atoms with Gasteiger partial charge in [-0.05, 0) is 116 Å². The number of rotatable bonds is 7. The van der Waals surface area contributed by atoms with Crippen LogP contribution in [0.3, 0.4) is 0 Å². The van der Waals surface area contributed by atoms with Gasteiger partial charge in [0, 0.05) is 28.2 Å². The second-order valence-corrected chi connectivity index (χ2v) is 16.5. The topological polar surface area (TPSA) is 6.48 Å². The molecule has 1 aliphatic carbocycles. The normalized spacial score (nSPS) is 14.1. The number of hydrogen-bond donors (Lipinski definition) is 0. The minimum absolute atomic E-state index is 0.163. The van der Waals surface area contributed by atoms with Crippen LogP contribution >= 0.6 is 0 Å². The Hall–Kier alpha value is -7.42. The van der Waals surface area contributed by atoms with Crippen molar-refractivity contribution in [3.05, 3.63) is 264 Å². The van der Waals surface area contributed by atoms with Gasteiger partial charge in [-0.15, -0.1) is 0 Å². The molecule has 2 nitrogen and oxygen atoms in total. The smallest absolute Gasteiger partial charge is 0.0714 e. The van der Waals surface area contributed by atoms with E-state index in [9.17, 15) is 0 Å². The summed E-state index contributed by atoms with van der Waals surface area (Å²) in [5.74, 6) is 0. The van der Waals surface area contributed by atoms with Gasteiger partial charge in [-0.1, -0.05) is 184 Å². The molecule has 9 aromatic rings. The van der Waals surface area contributed by atoms with Crippen molar-refractivity contribution in [2.24, 2.45) is 0 Å². The summed E-state index contributed by atoms with van der Waals surface area (Å²) in [6.45, 7) is 4.70. The predicted octanol–water partition coefficient (Wildman–Crippen LogP) is 15.3. The van der Waals surface area contributed by atoms with Crippen LogP contribution in [0, 0.1) is 0 Å². The van der Waals surface area contributed by atoms with Crippen molar-refractivity contribution in [1.29, 1.82) is 0 Å². The molecular weight excluding hydrogens is 725 g/mol. The summed E-state index contributed by atoms with van der Waals surface area (Å²) < 4.78 is 0. The second kappa shape index (κ2) is 14.1. The zero-order valence-electron chi connectivity index (χ0n) is 33.8. The average molecular weight is 769 g/mol. The zero-order chi connectivity index (χ0) is 40.3. The van der Waals surface area contributed by atoms with Crippen LogP contribution in [-0.4, -0.2) is 0 Å². The van der Waals surface area contributed by atoms with Gasteiger partial charge >= 0.3 is 0 Å². The summed E-state index contributed by atoms with van der Waals surface area (Å²) in [4.78, 5) is 4.86. The van der Waals surface area contributed by atoms with Crippen LogP contribution in [0.5, 0.6) is 0 Å². The molecular formula is C58H44N2. The Kier molecular flexibility index (Phi) is 8.42. The van der Waals surface area contributed by atoms with E-state index in [0.717, 1.165) is 28.3 Å². The highest BCUT2D eigenvalue weighted by Crippen LogP contribution is 2.58. The lowest BCUT2D eigenvalue weighted by Gasteiger charge is -2.42. The molecule has 1 heterocycles. The van der Waals surface area contributed by atoms with Gasteiger partial charge in [0.05, 0.1) is 16.8 Å². The van der Waals surface area contributed by atoms with Crippen LogP contribution in [0.25, 0.3) is 22.3 Å². The first-order valence-corrected chi connectivity index (χ1v) is 20.9. The van der Waals surface area contributed by atoms with E-state index in [1.54, 1.807) is 0 Å². The number of para-hydroxylation sites is 3. The Balaban J connectivity index is 1.09. The van der Waals surface area contributed by atoms with E-state index in [4.69, 9.17) is 0 Å². The summed E-state index contributed by atoms with van der Waals surface area (Å²) in [5.41, 5.74) is 18.9. The lowest BCUT2D eigenvalue weighted by molar-refractivity contribution is 0.632. The lowest BCUT2D eigenvalue weighted by Crippen LogP contribution is -2.30. The van der Waals surface area contributed by atoms with Crippen molar-refractivity contribution >= 4 is 34.1 Å². The number of fused-ring (bicyclic) bond motifs is 5. The number of hydrogen-bond acceptors (Lipinski definition) is 2. The molecule has 1 aliphatic heterocycles. The third-order valence-electron chi connectivity index (χ3n) is 12.9. The molecule has 0 spiro atoms. The molecule has 60 heavy (non-hydrogen) atoms. The van der Waals surface area contributed by atoms with Gasteiger partial charge in [0.15, 0.2) is 0 Å². The van der Waals surface area contributed by atoms with Gasteiger partial charge in [0.25, 0.3) is 0 Å². The number of anilines is 6. The van der Waals surface area contributed by atoms with Gasteiger partial charge in [-0.2, -0.15) is 0 Å². The minimum Gasteiger partial charge on any atom is -0.310 e. The largest absolute Gasteiger partial charge is 0.310 e. The maximum absolute atomic E-state index is 2.45. The molecule has 0 amide bonds. The monoisotopic (exact) mass is 768 g/mol. The Morgan fingerprint density at radius 3 is 1.60 bits per heavy atom. The van der Waals surface area contributed by atoms with E-state index in [1.807, 2.05) is 0 Å². The molecule has 2 aliphatic rings. The standard InChI is InChI=1S/C58H44N2/c1-57(2)52-32-17-18-33-55(52)60(46-27-13-6-14-28-46)56-39-42(34-37-53(56)57)41-20-19-29-47(38-41)59(45-25-11-5-12-26-45)48-35-36-50-49-30-15-16-31-51(49)58(54(50)40-48,43-21-7-3-8-22-43)44-23-9-4-10-24-44/h3-40H,1-2H3. The quantitative estimate of drug-likeness (QED) is 0.159. The molecule has 9 aromatic carbocycles. The highest BCUT2D eigenvalue weighted by atomic mass is 15.2. The first-order valence-electron chi connectivity index (χ1n) is 20.9. The molecule has 11 rings (SSSR count). The highest BCUT2D eigenvalue weighted by Gasteiger charge is 2.46. The molecule has 0 saturated heterocycles. The van der Waals surface area contributed by atoms with Gasteiger partial charge in [-0.3, -0.25) is 0 Å². The molecule has 0 aromatic heterocycles. The Labute approximate surface area is 353 Å². The van der Waals surface area contributed by atoms with Gasteiger partial charge in [0.2, 0.25) is 0 Å².